The van der Waals surface area contributed by atoms with Crippen molar-refractivity contribution in [2.24, 2.45) is 11.8 Å². The van der Waals surface area contributed by atoms with Gasteiger partial charge in [-0.15, -0.1) is 0 Å². The largest absolute Gasteiger partial charge is 0.492 e. The number of aromatic nitrogens is 2. The van der Waals surface area contributed by atoms with Crippen molar-refractivity contribution in [1.29, 1.82) is 0 Å². The third-order valence-electron chi connectivity index (χ3n) is 6.09. The number of morpholine rings is 1. The van der Waals surface area contributed by atoms with Crippen molar-refractivity contribution in [3.05, 3.63) is 54.6 Å². The van der Waals surface area contributed by atoms with Crippen LogP contribution in [0, 0.1) is 11.8 Å². The van der Waals surface area contributed by atoms with Crippen LogP contribution in [0.15, 0.2) is 49.1 Å². The molecule has 2 aliphatic rings. The average molecular weight is 440 g/mol. The molecule has 172 valence electrons. The summed E-state index contributed by atoms with van der Waals surface area (Å²) >= 11 is 0. The fourth-order valence-electron chi connectivity index (χ4n) is 4.44. The molecule has 2 aromatic heterocycles. The summed E-state index contributed by atoms with van der Waals surface area (Å²) < 4.78 is 11.4. The summed E-state index contributed by atoms with van der Waals surface area (Å²) in [5.74, 6) is 1.15. The molecule has 32 heavy (non-hydrogen) atoms. The standard InChI is InChI=1S/C24H33N5O3/c30-24(27-8-9-28-10-12-31-13-11-28)22-14-21(19-32-23-2-1-5-26-15-23)17-29(18-22)16-20-3-6-25-7-4-20/h1-7,15,21-22H,8-14,16-19H2,(H,27,30)/t21-,22+/m0/s1. The van der Waals surface area contributed by atoms with Crippen molar-refractivity contribution in [1.82, 2.24) is 25.1 Å². The van der Waals surface area contributed by atoms with Gasteiger partial charge in [0.1, 0.15) is 5.75 Å². The van der Waals surface area contributed by atoms with Crippen molar-refractivity contribution in [3.63, 3.8) is 0 Å². The Bertz CT molecular complexity index is 817. The van der Waals surface area contributed by atoms with Gasteiger partial charge in [-0.25, -0.2) is 0 Å². The molecule has 1 N–H and O–H groups in total. The van der Waals surface area contributed by atoms with Gasteiger partial charge in [0.2, 0.25) is 5.91 Å². The minimum absolute atomic E-state index is 0.0437. The topological polar surface area (TPSA) is 79.8 Å². The molecule has 8 nitrogen and oxygen atoms in total. The zero-order chi connectivity index (χ0) is 22.0. The number of pyridine rings is 2. The Morgan fingerprint density at radius 3 is 2.72 bits per heavy atom. The smallest absolute Gasteiger partial charge is 0.224 e. The fourth-order valence-corrected chi connectivity index (χ4v) is 4.44. The molecule has 0 bridgehead atoms. The summed E-state index contributed by atoms with van der Waals surface area (Å²) in [6.45, 7) is 8.03. The van der Waals surface area contributed by atoms with E-state index >= 15 is 0 Å². The zero-order valence-corrected chi connectivity index (χ0v) is 18.6. The molecular formula is C24H33N5O3. The normalized spacial score (nSPS) is 22.4. The van der Waals surface area contributed by atoms with Crippen LogP contribution in [0.5, 0.6) is 5.75 Å². The lowest BCUT2D eigenvalue weighted by Crippen LogP contribution is -2.48. The van der Waals surface area contributed by atoms with E-state index in [1.54, 1.807) is 12.4 Å². The Kier molecular flexibility index (Phi) is 8.42. The Labute approximate surface area is 189 Å². The first-order valence-corrected chi connectivity index (χ1v) is 11.5. The third-order valence-corrected chi connectivity index (χ3v) is 6.09. The maximum absolute atomic E-state index is 13.0. The van der Waals surface area contributed by atoms with Crippen LogP contribution < -0.4 is 10.1 Å². The van der Waals surface area contributed by atoms with Crippen LogP contribution in [0.2, 0.25) is 0 Å². The Hall–Kier alpha value is -2.55. The van der Waals surface area contributed by atoms with Crippen LogP contribution >= 0.6 is 0 Å². The van der Waals surface area contributed by atoms with Gasteiger partial charge >= 0.3 is 0 Å². The Morgan fingerprint density at radius 2 is 1.94 bits per heavy atom. The van der Waals surface area contributed by atoms with Gasteiger partial charge in [0.05, 0.1) is 31.9 Å². The molecule has 2 aliphatic heterocycles. The van der Waals surface area contributed by atoms with E-state index in [4.69, 9.17) is 9.47 Å². The highest BCUT2D eigenvalue weighted by molar-refractivity contribution is 5.79. The molecule has 2 atom stereocenters. The summed E-state index contributed by atoms with van der Waals surface area (Å²) in [6.07, 6.45) is 7.93. The van der Waals surface area contributed by atoms with Crippen LogP contribution in [0.25, 0.3) is 0 Å². The van der Waals surface area contributed by atoms with Crippen molar-refractivity contribution in [2.75, 3.05) is 59.1 Å². The molecule has 1 amide bonds. The molecule has 0 spiro atoms. The van der Waals surface area contributed by atoms with Gasteiger partial charge in [-0.3, -0.25) is 24.6 Å². The van der Waals surface area contributed by atoms with Crippen molar-refractivity contribution >= 4 is 5.91 Å². The number of amides is 1. The van der Waals surface area contributed by atoms with Crippen LogP contribution in [-0.2, 0) is 16.1 Å². The monoisotopic (exact) mass is 439 g/mol. The average Bonchev–Trinajstić information content (AvgIpc) is 2.84. The van der Waals surface area contributed by atoms with E-state index in [2.05, 4.69) is 25.1 Å². The van der Waals surface area contributed by atoms with E-state index in [1.165, 1.54) is 5.56 Å². The summed E-state index contributed by atoms with van der Waals surface area (Å²) in [7, 11) is 0. The zero-order valence-electron chi connectivity index (χ0n) is 18.6. The van der Waals surface area contributed by atoms with Gasteiger partial charge in [-0.2, -0.15) is 0 Å². The SMILES string of the molecule is O=C(NCCN1CCOCC1)[C@@H]1C[C@H](COc2cccnc2)CN(Cc2ccncc2)C1. The van der Waals surface area contributed by atoms with E-state index in [1.807, 2.05) is 36.7 Å². The summed E-state index contributed by atoms with van der Waals surface area (Å²) in [5, 5.41) is 3.17. The van der Waals surface area contributed by atoms with Gasteiger partial charge < -0.3 is 14.8 Å². The van der Waals surface area contributed by atoms with Gasteiger partial charge in [0.25, 0.3) is 0 Å². The van der Waals surface area contributed by atoms with Gasteiger partial charge in [0.15, 0.2) is 0 Å². The second kappa shape index (κ2) is 11.9. The Balaban J connectivity index is 1.32. The lowest BCUT2D eigenvalue weighted by Gasteiger charge is -2.37. The summed E-state index contributed by atoms with van der Waals surface area (Å²) in [4.78, 5) is 25.9. The number of hydrogen-bond acceptors (Lipinski definition) is 7. The second-order valence-electron chi connectivity index (χ2n) is 8.59. The number of nitrogens with zero attached hydrogens (tertiary/aromatic N) is 4. The molecule has 8 heteroatoms. The molecule has 0 aliphatic carbocycles. The van der Waals surface area contributed by atoms with Crippen LogP contribution in [0.1, 0.15) is 12.0 Å². The number of piperidine rings is 1. The first-order valence-electron chi connectivity index (χ1n) is 11.5. The lowest BCUT2D eigenvalue weighted by molar-refractivity contribution is -0.127. The lowest BCUT2D eigenvalue weighted by atomic mass is 9.88. The number of nitrogens with one attached hydrogen (secondary N) is 1. The van der Waals surface area contributed by atoms with Gasteiger partial charge in [0, 0.05) is 70.3 Å². The highest BCUT2D eigenvalue weighted by atomic mass is 16.5. The minimum atomic E-state index is -0.0437. The first kappa shape index (κ1) is 22.6. The van der Waals surface area contributed by atoms with Crippen molar-refractivity contribution in [2.45, 2.75) is 13.0 Å². The maximum Gasteiger partial charge on any atom is 0.224 e. The van der Waals surface area contributed by atoms with Gasteiger partial charge in [-0.05, 0) is 36.2 Å². The summed E-state index contributed by atoms with van der Waals surface area (Å²) in [5.41, 5.74) is 1.21. The minimum Gasteiger partial charge on any atom is -0.492 e. The quantitative estimate of drug-likeness (QED) is 0.633. The van der Waals surface area contributed by atoms with E-state index in [9.17, 15) is 4.79 Å². The highest BCUT2D eigenvalue weighted by Crippen LogP contribution is 2.25. The van der Waals surface area contributed by atoms with E-state index < -0.39 is 0 Å². The predicted molar refractivity (Wildman–Crippen MR) is 121 cm³/mol. The molecule has 0 unspecified atom stereocenters. The van der Waals surface area contributed by atoms with Crippen molar-refractivity contribution in [3.8, 4) is 5.75 Å². The number of carbonyl (C=O) groups is 1. The highest BCUT2D eigenvalue weighted by Gasteiger charge is 2.32. The molecule has 0 saturated carbocycles. The van der Waals surface area contributed by atoms with E-state index in [0.717, 1.165) is 64.7 Å². The van der Waals surface area contributed by atoms with Crippen LogP contribution in [-0.4, -0.2) is 84.8 Å². The molecule has 4 heterocycles. The van der Waals surface area contributed by atoms with Gasteiger partial charge in [-0.1, -0.05) is 0 Å². The number of likely N-dealkylation sites (tertiary alicyclic amines) is 1. The fraction of sp³-hybridized carbons (Fsp3) is 0.542. The van der Waals surface area contributed by atoms with Crippen LogP contribution in [0.3, 0.4) is 0 Å². The van der Waals surface area contributed by atoms with Crippen molar-refractivity contribution < 1.29 is 14.3 Å². The third kappa shape index (κ3) is 6.98. The molecule has 0 aromatic carbocycles. The molecule has 2 saturated heterocycles. The predicted octanol–water partition coefficient (Wildman–Crippen LogP) is 1.44. The molecule has 2 fully saturated rings. The first-order chi connectivity index (χ1) is 15.8. The number of hydrogen-bond donors (Lipinski definition) is 1. The van der Waals surface area contributed by atoms with E-state index in [-0.39, 0.29) is 17.7 Å². The summed E-state index contributed by atoms with van der Waals surface area (Å²) in [6, 6.07) is 7.86. The number of rotatable bonds is 9. The number of ether oxygens (including phenoxy) is 2. The second-order valence-corrected chi connectivity index (χ2v) is 8.59. The molecule has 0 radical (unpaired) electrons. The Morgan fingerprint density at radius 1 is 1.09 bits per heavy atom. The number of carbonyl (C=O) groups excluding carboxylic acids is 1. The maximum atomic E-state index is 13.0. The molecular weight excluding hydrogens is 406 g/mol. The molecule has 2 aromatic rings. The van der Waals surface area contributed by atoms with E-state index in [0.29, 0.717) is 13.2 Å². The van der Waals surface area contributed by atoms with Crippen LogP contribution in [0.4, 0.5) is 0 Å². The molecule has 4 rings (SSSR count).